The lowest BCUT2D eigenvalue weighted by Gasteiger charge is -2.38. The minimum atomic E-state index is -0.0556. The summed E-state index contributed by atoms with van der Waals surface area (Å²) in [6.45, 7) is 11.7. The number of likely N-dealkylation sites (tertiary alicyclic amines) is 1. The monoisotopic (exact) mass is 187 g/mol. The van der Waals surface area contributed by atoms with Gasteiger partial charge in [-0.25, -0.2) is 0 Å². The van der Waals surface area contributed by atoms with E-state index < -0.39 is 0 Å². The normalized spacial score (nSPS) is 29.8. The van der Waals surface area contributed by atoms with Crippen LogP contribution in [0, 0.1) is 0 Å². The number of piperidine rings is 1. The van der Waals surface area contributed by atoms with Crippen LogP contribution in [0.4, 0.5) is 0 Å². The summed E-state index contributed by atoms with van der Waals surface area (Å²) in [5, 5.41) is 9.35. The highest BCUT2D eigenvalue weighted by Gasteiger charge is 2.25. The predicted octanol–water partition coefficient (Wildman–Crippen LogP) is 2.27. The van der Waals surface area contributed by atoms with E-state index >= 15 is 0 Å². The molecule has 1 fully saturated rings. The molecule has 0 aromatic rings. The summed E-state index contributed by atoms with van der Waals surface area (Å²) in [4.78, 5) is 2.45. The Bertz CT molecular complexity index is 125. The van der Waals surface area contributed by atoms with Crippen LogP contribution in [0.3, 0.4) is 0 Å². The number of aliphatic hydroxyl groups is 1. The molecule has 0 spiro atoms. The van der Waals surface area contributed by atoms with Crippen molar-refractivity contribution in [3.05, 3.63) is 0 Å². The minimum Gasteiger partial charge on any atom is -0.393 e. The first-order valence-electron chi connectivity index (χ1n) is 5.55. The molecule has 1 heterocycles. The molecule has 0 aromatic carbocycles. The molecule has 2 atom stereocenters. The van der Waals surface area contributed by atoms with Crippen molar-refractivity contribution in [1.29, 1.82) is 0 Å². The van der Waals surface area contributed by atoms with Crippen molar-refractivity contribution in [1.82, 2.24) is 4.90 Å². The van der Waals surface area contributed by atoms with Crippen molar-refractivity contribution in [2.24, 2.45) is 0 Å². The highest BCUT2D eigenvalue weighted by molar-refractivity contribution is 4.80. The van der Waals surface area contributed by atoms with Gasteiger partial charge in [0.2, 0.25) is 0 Å². The van der Waals surface area contributed by atoms with Gasteiger partial charge in [-0.15, -0.1) is 0 Å². The standard InChI is InChI=1S/C9H19NO.C2H6/c1-7(2)10-5-4-9(11)6-8(10)3;1-2/h7-9,11H,4-6H2,1-3H3;1-2H3. The van der Waals surface area contributed by atoms with Crippen molar-refractivity contribution in [3.8, 4) is 0 Å². The number of hydrogen-bond donors (Lipinski definition) is 1. The summed E-state index contributed by atoms with van der Waals surface area (Å²) >= 11 is 0. The van der Waals surface area contributed by atoms with E-state index in [0.717, 1.165) is 19.4 Å². The van der Waals surface area contributed by atoms with Crippen LogP contribution in [0.5, 0.6) is 0 Å². The lowest BCUT2D eigenvalue weighted by atomic mass is 9.99. The highest BCUT2D eigenvalue weighted by atomic mass is 16.3. The fourth-order valence-electron chi connectivity index (χ4n) is 1.93. The molecule has 0 bridgehead atoms. The van der Waals surface area contributed by atoms with E-state index in [4.69, 9.17) is 0 Å². The Morgan fingerprint density at radius 2 is 1.85 bits per heavy atom. The predicted molar refractivity (Wildman–Crippen MR) is 57.9 cm³/mol. The molecule has 0 aromatic heterocycles. The third-order valence-corrected chi connectivity index (χ3v) is 2.56. The van der Waals surface area contributed by atoms with Gasteiger partial charge < -0.3 is 5.11 Å². The summed E-state index contributed by atoms with van der Waals surface area (Å²) in [5.74, 6) is 0. The van der Waals surface area contributed by atoms with Crippen LogP contribution in [0.2, 0.25) is 0 Å². The number of hydrogen-bond acceptors (Lipinski definition) is 2. The lowest BCUT2D eigenvalue weighted by molar-refractivity contribution is 0.0323. The van der Waals surface area contributed by atoms with Gasteiger partial charge in [-0.3, -0.25) is 4.90 Å². The Kier molecular flexibility index (Phi) is 6.35. The molecule has 1 aliphatic heterocycles. The minimum absolute atomic E-state index is 0.0556. The van der Waals surface area contributed by atoms with Crippen molar-refractivity contribution < 1.29 is 5.11 Å². The average Bonchev–Trinajstić information content (AvgIpc) is 2.07. The first-order valence-corrected chi connectivity index (χ1v) is 5.55. The van der Waals surface area contributed by atoms with E-state index in [2.05, 4.69) is 25.7 Å². The van der Waals surface area contributed by atoms with Crippen LogP contribution in [0.25, 0.3) is 0 Å². The first-order chi connectivity index (χ1) is 6.11. The average molecular weight is 187 g/mol. The Hall–Kier alpha value is -0.0800. The van der Waals surface area contributed by atoms with Crippen LogP contribution in [0.1, 0.15) is 47.5 Å². The molecule has 1 saturated heterocycles. The summed E-state index contributed by atoms with van der Waals surface area (Å²) in [5.41, 5.74) is 0. The van der Waals surface area contributed by atoms with Gasteiger partial charge in [0.05, 0.1) is 6.10 Å². The molecule has 80 valence electrons. The smallest absolute Gasteiger partial charge is 0.0567 e. The van der Waals surface area contributed by atoms with E-state index in [1.807, 2.05) is 13.8 Å². The number of aliphatic hydroxyl groups excluding tert-OH is 1. The van der Waals surface area contributed by atoms with Crippen molar-refractivity contribution in [3.63, 3.8) is 0 Å². The van der Waals surface area contributed by atoms with Crippen molar-refractivity contribution >= 4 is 0 Å². The second-order valence-corrected chi connectivity index (χ2v) is 3.86. The Labute approximate surface area is 82.9 Å². The Morgan fingerprint density at radius 3 is 2.23 bits per heavy atom. The molecular weight excluding hydrogens is 162 g/mol. The summed E-state index contributed by atoms with van der Waals surface area (Å²) < 4.78 is 0. The van der Waals surface area contributed by atoms with Crippen LogP contribution < -0.4 is 0 Å². The van der Waals surface area contributed by atoms with Gasteiger partial charge in [-0.05, 0) is 33.6 Å². The second kappa shape index (κ2) is 6.39. The lowest BCUT2D eigenvalue weighted by Crippen LogP contribution is -2.46. The molecule has 2 unspecified atom stereocenters. The SMILES string of the molecule is CC.CC(C)N1CCC(O)CC1C. The molecule has 13 heavy (non-hydrogen) atoms. The van der Waals surface area contributed by atoms with Crippen LogP contribution in [-0.4, -0.2) is 34.7 Å². The summed E-state index contributed by atoms with van der Waals surface area (Å²) in [6, 6.07) is 1.18. The topological polar surface area (TPSA) is 23.5 Å². The van der Waals surface area contributed by atoms with E-state index in [1.54, 1.807) is 0 Å². The first kappa shape index (κ1) is 12.9. The van der Waals surface area contributed by atoms with E-state index in [0.29, 0.717) is 12.1 Å². The zero-order chi connectivity index (χ0) is 10.4. The zero-order valence-corrected chi connectivity index (χ0v) is 9.75. The van der Waals surface area contributed by atoms with Gasteiger partial charge in [0.1, 0.15) is 0 Å². The molecule has 2 heteroatoms. The number of rotatable bonds is 1. The molecule has 2 nitrogen and oxygen atoms in total. The fourth-order valence-corrected chi connectivity index (χ4v) is 1.93. The second-order valence-electron chi connectivity index (χ2n) is 3.86. The third-order valence-electron chi connectivity index (χ3n) is 2.56. The van der Waals surface area contributed by atoms with Crippen LogP contribution in [0.15, 0.2) is 0 Å². The maximum atomic E-state index is 9.35. The number of nitrogens with zero attached hydrogens (tertiary/aromatic N) is 1. The molecule has 0 aliphatic carbocycles. The Balaban J connectivity index is 0.000000671. The molecule has 0 radical (unpaired) electrons. The molecule has 0 amide bonds. The van der Waals surface area contributed by atoms with E-state index in [-0.39, 0.29) is 6.10 Å². The van der Waals surface area contributed by atoms with Crippen LogP contribution >= 0.6 is 0 Å². The maximum Gasteiger partial charge on any atom is 0.0567 e. The Morgan fingerprint density at radius 1 is 1.31 bits per heavy atom. The zero-order valence-electron chi connectivity index (χ0n) is 9.75. The van der Waals surface area contributed by atoms with Gasteiger partial charge >= 0.3 is 0 Å². The van der Waals surface area contributed by atoms with E-state index in [9.17, 15) is 5.11 Å². The summed E-state index contributed by atoms with van der Waals surface area (Å²) in [7, 11) is 0. The third kappa shape index (κ3) is 4.10. The molecule has 1 N–H and O–H groups in total. The largest absolute Gasteiger partial charge is 0.393 e. The fraction of sp³-hybridized carbons (Fsp3) is 1.00. The molecular formula is C11H25NO. The molecule has 0 saturated carbocycles. The van der Waals surface area contributed by atoms with Crippen molar-refractivity contribution in [2.45, 2.75) is 65.6 Å². The van der Waals surface area contributed by atoms with Gasteiger partial charge in [0, 0.05) is 18.6 Å². The molecule has 1 aliphatic rings. The quantitative estimate of drug-likeness (QED) is 0.680. The van der Waals surface area contributed by atoms with Gasteiger partial charge in [-0.2, -0.15) is 0 Å². The van der Waals surface area contributed by atoms with Crippen LogP contribution in [-0.2, 0) is 0 Å². The maximum absolute atomic E-state index is 9.35. The summed E-state index contributed by atoms with van der Waals surface area (Å²) in [6.07, 6.45) is 1.83. The van der Waals surface area contributed by atoms with Gasteiger partial charge in [0.25, 0.3) is 0 Å². The van der Waals surface area contributed by atoms with Gasteiger partial charge in [-0.1, -0.05) is 13.8 Å². The van der Waals surface area contributed by atoms with E-state index in [1.165, 1.54) is 0 Å². The molecule has 1 rings (SSSR count). The van der Waals surface area contributed by atoms with Crippen molar-refractivity contribution in [2.75, 3.05) is 6.54 Å². The van der Waals surface area contributed by atoms with Gasteiger partial charge in [0.15, 0.2) is 0 Å². The highest BCUT2D eigenvalue weighted by Crippen LogP contribution is 2.18.